The Kier molecular flexibility index (Phi) is 6.29. The highest BCUT2D eigenvalue weighted by atomic mass is 19.4. The van der Waals surface area contributed by atoms with Crippen LogP contribution in [-0.4, -0.2) is 31.1 Å². The van der Waals surface area contributed by atoms with Crippen LogP contribution in [0, 0.1) is 6.92 Å². The van der Waals surface area contributed by atoms with Gasteiger partial charge in [0, 0.05) is 6.42 Å². The number of halogens is 3. The zero-order valence-corrected chi connectivity index (χ0v) is 11.5. The first kappa shape index (κ1) is 16.8. The first-order valence-electron chi connectivity index (χ1n) is 6.35. The Morgan fingerprint density at radius 3 is 2.50 bits per heavy atom. The monoisotopic (exact) mass is 292 g/mol. The average molecular weight is 292 g/mol. The van der Waals surface area contributed by atoms with Gasteiger partial charge in [-0.1, -0.05) is 6.07 Å². The lowest BCUT2D eigenvalue weighted by Crippen LogP contribution is -2.18. The maximum atomic E-state index is 11.8. The summed E-state index contributed by atoms with van der Waals surface area (Å²) in [6.45, 7) is 2.58. The third kappa shape index (κ3) is 6.25. The zero-order chi connectivity index (χ0) is 15.2. The molecule has 0 aliphatic carbocycles. The number of aryl methyl sites for hydroxylation is 1. The molecule has 0 saturated heterocycles. The van der Waals surface area contributed by atoms with Gasteiger partial charge in [0.05, 0.1) is 19.3 Å². The Morgan fingerprint density at radius 2 is 1.95 bits per heavy atom. The largest absolute Gasteiger partial charge is 0.493 e. The Bertz CT molecular complexity index is 417. The van der Waals surface area contributed by atoms with E-state index in [-0.39, 0.29) is 13.2 Å². The van der Waals surface area contributed by atoms with E-state index >= 15 is 0 Å². The molecule has 1 rings (SSSR count). The molecule has 1 aromatic carbocycles. The summed E-state index contributed by atoms with van der Waals surface area (Å²) in [5, 5.41) is 9.43. The van der Waals surface area contributed by atoms with Crippen LogP contribution in [-0.2, 0) is 4.74 Å². The number of aliphatic hydroxyl groups is 1. The molecular weight excluding hydrogens is 273 g/mol. The number of hydrogen-bond donors (Lipinski definition) is 1. The van der Waals surface area contributed by atoms with Crippen molar-refractivity contribution in [3.05, 3.63) is 29.3 Å². The van der Waals surface area contributed by atoms with E-state index in [1.165, 1.54) is 0 Å². The highest BCUT2D eigenvalue weighted by Crippen LogP contribution is 2.22. The molecule has 0 aromatic heterocycles. The van der Waals surface area contributed by atoms with Gasteiger partial charge in [0.15, 0.2) is 0 Å². The quantitative estimate of drug-likeness (QED) is 0.783. The predicted molar refractivity (Wildman–Crippen MR) is 68.8 cm³/mol. The summed E-state index contributed by atoms with van der Waals surface area (Å²) in [4.78, 5) is 0. The zero-order valence-electron chi connectivity index (χ0n) is 11.5. The smallest absolute Gasteiger partial charge is 0.411 e. The van der Waals surface area contributed by atoms with E-state index in [0.29, 0.717) is 12.2 Å². The number of rotatable bonds is 7. The minimum Gasteiger partial charge on any atom is -0.493 e. The second kappa shape index (κ2) is 7.50. The van der Waals surface area contributed by atoms with Crippen molar-refractivity contribution in [1.82, 2.24) is 0 Å². The Balaban J connectivity index is 2.29. The molecule has 20 heavy (non-hydrogen) atoms. The summed E-state index contributed by atoms with van der Waals surface area (Å²) >= 11 is 0. The van der Waals surface area contributed by atoms with Gasteiger partial charge in [0.1, 0.15) is 12.4 Å². The van der Waals surface area contributed by atoms with E-state index in [1.54, 1.807) is 19.1 Å². The molecule has 0 bridgehead atoms. The second-order valence-corrected chi connectivity index (χ2v) is 4.57. The summed E-state index contributed by atoms with van der Waals surface area (Å²) in [6.07, 6.45) is -4.44. The topological polar surface area (TPSA) is 38.7 Å². The van der Waals surface area contributed by atoms with Crippen molar-refractivity contribution in [3.8, 4) is 5.75 Å². The number of ether oxygens (including phenoxy) is 2. The lowest BCUT2D eigenvalue weighted by Gasteiger charge is -2.12. The molecule has 6 heteroatoms. The SMILES string of the molecule is Cc1cc([C@H](C)O)ccc1OCCCOCC(F)(F)F. The summed E-state index contributed by atoms with van der Waals surface area (Å²) in [5.41, 5.74) is 1.67. The van der Waals surface area contributed by atoms with Crippen molar-refractivity contribution in [3.63, 3.8) is 0 Å². The molecule has 0 aliphatic heterocycles. The fraction of sp³-hybridized carbons (Fsp3) is 0.571. The Labute approximate surface area is 116 Å². The van der Waals surface area contributed by atoms with E-state index in [0.717, 1.165) is 11.1 Å². The van der Waals surface area contributed by atoms with Crippen molar-refractivity contribution >= 4 is 0 Å². The van der Waals surface area contributed by atoms with E-state index < -0.39 is 18.9 Å². The van der Waals surface area contributed by atoms with Crippen molar-refractivity contribution < 1.29 is 27.8 Å². The van der Waals surface area contributed by atoms with Gasteiger partial charge < -0.3 is 14.6 Å². The van der Waals surface area contributed by atoms with Crippen LogP contribution in [0.1, 0.15) is 30.6 Å². The normalized spacial score (nSPS) is 13.3. The molecule has 0 fully saturated rings. The van der Waals surface area contributed by atoms with Crippen molar-refractivity contribution in [2.75, 3.05) is 19.8 Å². The summed E-state index contributed by atoms with van der Waals surface area (Å²) in [6, 6.07) is 5.32. The van der Waals surface area contributed by atoms with Crippen molar-refractivity contribution in [1.29, 1.82) is 0 Å². The molecule has 0 saturated carbocycles. The van der Waals surface area contributed by atoms with Gasteiger partial charge in [-0.25, -0.2) is 0 Å². The maximum Gasteiger partial charge on any atom is 0.411 e. The van der Waals surface area contributed by atoms with Crippen molar-refractivity contribution in [2.45, 2.75) is 32.5 Å². The number of hydrogen-bond acceptors (Lipinski definition) is 3. The van der Waals surface area contributed by atoms with Gasteiger partial charge in [-0.2, -0.15) is 13.2 Å². The van der Waals surface area contributed by atoms with E-state index in [4.69, 9.17) is 4.74 Å². The van der Waals surface area contributed by atoms with Gasteiger partial charge in [-0.05, 0) is 37.1 Å². The Morgan fingerprint density at radius 1 is 1.25 bits per heavy atom. The van der Waals surface area contributed by atoms with Crippen LogP contribution in [0.25, 0.3) is 0 Å². The second-order valence-electron chi connectivity index (χ2n) is 4.57. The first-order valence-corrected chi connectivity index (χ1v) is 6.35. The summed E-state index contributed by atoms with van der Waals surface area (Å²) in [7, 11) is 0. The molecule has 0 radical (unpaired) electrons. The molecule has 1 atom stereocenters. The number of benzene rings is 1. The molecule has 1 N–H and O–H groups in total. The van der Waals surface area contributed by atoms with Gasteiger partial charge >= 0.3 is 6.18 Å². The third-order valence-corrected chi connectivity index (χ3v) is 2.64. The highest BCUT2D eigenvalue weighted by molar-refractivity contribution is 5.36. The van der Waals surface area contributed by atoms with E-state index in [9.17, 15) is 18.3 Å². The first-order chi connectivity index (χ1) is 9.29. The standard InChI is InChI=1S/C14H19F3O3/c1-10-8-12(11(2)18)4-5-13(10)20-7-3-6-19-9-14(15,16)17/h4-5,8,11,18H,3,6-7,9H2,1-2H3/t11-/m0/s1. The fourth-order valence-corrected chi connectivity index (χ4v) is 1.63. The van der Waals surface area contributed by atoms with Crippen LogP contribution in [0.15, 0.2) is 18.2 Å². The van der Waals surface area contributed by atoms with Crippen LogP contribution in [0.4, 0.5) is 13.2 Å². The molecule has 0 heterocycles. The molecule has 0 spiro atoms. The summed E-state index contributed by atoms with van der Waals surface area (Å²) in [5.74, 6) is 0.658. The van der Waals surface area contributed by atoms with Crippen LogP contribution in [0.5, 0.6) is 5.75 Å². The maximum absolute atomic E-state index is 11.8. The average Bonchev–Trinajstić information content (AvgIpc) is 2.33. The fourth-order valence-electron chi connectivity index (χ4n) is 1.63. The lowest BCUT2D eigenvalue weighted by molar-refractivity contribution is -0.174. The van der Waals surface area contributed by atoms with Gasteiger partial charge in [0.25, 0.3) is 0 Å². The Hall–Kier alpha value is -1.27. The molecule has 0 aliphatic rings. The van der Waals surface area contributed by atoms with E-state index in [1.807, 2.05) is 13.0 Å². The molecular formula is C14H19F3O3. The molecule has 0 amide bonds. The molecule has 1 aromatic rings. The van der Waals surface area contributed by atoms with Crippen molar-refractivity contribution in [2.24, 2.45) is 0 Å². The van der Waals surface area contributed by atoms with Gasteiger partial charge in [0.2, 0.25) is 0 Å². The molecule has 114 valence electrons. The van der Waals surface area contributed by atoms with E-state index in [2.05, 4.69) is 4.74 Å². The lowest BCUT2D eigenvalue weighted by atomic mass is 10.1. The molecule has 3 nitrogen and oxygen atoms in total. The third-order valence-electron chi connectivity index (χ3n) is 2.64. The molecule has 0 unspecified atom stereocenters. The summed E-state index contributed by atoms with van der Waals surface area (Å²) < 4.78 is 45.4. The van der Waals surface area contributed by atoms with Crippen LogP contribution < -0.4 is 4.74 Å². The van der Waals surface area contributed by atoms with Gasteiger partial charge in [-0.15, -0.1) is 0 Å². The van der Waals surface area contributed by atoms with Gasteiger partial charge in [-0.3, -0.25) is 0 Å². The van der Waals surface area contributed by atoms with Crippen LogP contribution in [0.2, 0.25) is 0 Å². The van der Waals surface area contributed by atoms with Crippen LogP contribution in [0.3, 0.4) is 0 Å². The number of alkyl halides is 3. The number of aliphatic hydroxyl groups excluding tert-OH is 1. The predicted octanol–water partition coefficient (Wildman–Crippen LogP) is 3.40. The minimum atomic E-state index is -4.28. The minimum absolute atomic E-state index is 0.00428. The highest BCUT2D eigenvalue weighted by Gasteiger charge is 2.27. The van der Waals surface area contributed by atoms with Crippen LogP contribution >= 0.6 is 0 Å².